The van der Waals surface area contributed by atoms with Crippen LogP contribution in [0.5, 0.6) is 5.75 Å². The van der Waals surface area contributed by atoms with E-state index in [1.165, 1.54) is 26.4 Å². The molecule has 0 aromatic heterocycles. The first-order valence-electron chi connectivity index (χ1n) is 9.27. The SMILES string of the molecule is COc1ccc(/C(=C/C(=O)c2ccc(N3CCCCC3)cc2)OB(F)F)cc1. The number of carbonyl (C=O) groups excluding carboxylic acids is 1. The standard InChI is InChI=1S/C21H22BF2NO3/c1-27-19-11-7-17(8-12-19)21(28-22(23)24)15-20(26)16-5-9-18(10-6-16)25-13-3-2-4-14-25/h5-12,15H,2-4,13-14H2,1H3/b21-15-. The van der Waals surface area contributed by atoms with Gasteiger partial charge in [-0.15, -0.1) is 0 Å². The number of rotatable bonds is 7. The number of carbonyl (C=O) groups is 1. The Hall–Kier alpha value is -2.83. The lowest BCUT2D eigenvalue weighted by Gasteiger charge is -2.28. The molecule has 0 unspecified atom stereocenters. The maximum absolute atomic E-state index is 12.8. The van der Waals surface area contributed by atoms with E-state index < -0.39 is 13.3 Å². The molecule has 7 heteroatoms. The van der Waals surface area contributed by atoms with Crippen molar-refractivity contribution in [3.8, 4) is 5.75 Å². The molecular weight excluding hydrogens is 363 g/mol. The van der Waals surface area contributed by atoms with Gasteiger partial charge in [-0.05, 0) is 67.8 Å². The molecule has 146 valence electrons. The van der Waals surface area contributed by atoms with Crippen LogP contribution in [0.4, 0.5) is 14.3 Å². The van der Waals surface area contributed by atoms with Gasteiger partial charge in [0.05, 0.1) is 7.11 Å². The second-order valence-corrected chi connectivity index (χ2v) is 6.57. The fourth-order valence-electron chi connectivity index (χ4n) is 3.23. The van der Waals surface area contributed by atoms with E-state index in [0.717, 1.165) is 24.9 Å². The highest BCUT2D eigenvalue weighted by Crippen LogP contribution is 2.23. The summed E-state index contributed by atoms with van der Waals surface area (Å²) in [7, 11) is -1.51. The zero-order valence-corrected chi connectivity index (χ0v) is 15.7. The summed E-state index contributed by atoms with van der Waals surface area (Å²) in [6, 6.07) is 13.6. The molecule has 1 saturated heterocycles. The minimum absolute atomic E-state index is 0.178. The summed E-state index contributed by atoms with van der Waals surface area (Å²) in [5, 5.41) is 0. The molecular formula is C21H22BF2NO3. The van der Waals surface area contributed by atoms with Crippen molar-refractivity contribution < 1.29 is 22.8 Å². The van der Waals surface area contributed by atoms with Crippen LogP contribution in [0.25, 0.3) is 5.76 Å². The van der Waals surface area contributed by atoms with Gasteiger partial charge in [-0.2, -0.15) is 0 Å². The Morgan fingerprint density at radius 1 is 0.964 bits per heavy atom. The van der Waals surface area contributed by atoms with Crippen molar-refractivity contribution in [2.24, 2.45) is 0 Å². The Kier molecular flexibility index (Phi) is 6.69. The highest BCUT2D eigenvalue weighted by atomic mass is 19.2. The highest BCUT2D eigenvalue weighted by molar-refractivity contribution is 6.36. The summed E-state index contributed by atoms with van der Waals surface area (Å²) in [5.41, 5.74) is 1.86. The molecule has 1 aliphatic heterocycles. The Morgan fingerprint density at radius 2 is 1.57 bits per heavy atom. The molecule has 0 N–H and O–H groups in total. The third kappa shape index (κ3) is 5.12. The number of ketones is 1. The molecule has 0 aliphatic carbocycles. The lowest BCUT2D eigenvalue weighted by atomic mass is 10.1. The van der Waals surface area contributed by atoms with Gasteiger partial charge in [0.25, 0.3) is 0 Å². The summed E-state index contributed by atoms with van der Waals surface area (Å²) in [6.45, 7) is 2.02. The second-order valence-electron chi connectivity index (χ2n) is 6.57. The Bertz CT molecular complexity index is 817. The molecule has 3 rings (SSSR count). The van der Waals surface area contributed by atoms with Crippen molar-refractivity contribution in [1.82, 2.24) is 0 Å². The largest absolute Gasteiger partial charge is 0.796 e. The van der Waals surface area contributed by atoms with E-state index in [-0.39, 0.29) is 5.76 Å². The molecule has 2 aromatic carbocycles. The van der Waals surface area contributed by atoms with Gasteiger partial charge in [0, 0.05) is 36.0 Å². The molecule has 1 fully saturated rings. The average Bonchev–Trinajstić information content (AvgIpc) is 2.74. The smallest absolute Gasteiger partial charge is 0.505 e. The number of halogens is 2. The monoisotopic (exact) mass is 385 g/mol. The summed E-state index contributed by atoms with van der Waals surface area (Å²) in [5.74, 6) is 0.0131. The van der Waals surface area contributed by atoms with Crippen LogP contribution >= 0.6 is 0 Å². The minimum Gasteiger partial charge on any atom is -0.505 e. The highest BCUT2D eigenvalue weighted by Gasteiger charge is 2.21. The molecule has 4 nitrogen and oxygen atoms in total. The minimum atomic E-state index is -3.03. The van der Waals surface area contributed by atoms with Crippen molar-refractivity contribution in [3.63, 3.8) is 0 Å². The molecule has 1 aliphatic rings. The van der Waals surface area contributed by atoms with Crippen LogP contribution in [0.2, 0.25) is 0 Å². The van der Waals surface area contributed by atoms with Crippen molar-refractivity contribution in [2.45, 2.75) is 19.3 Å². The Labute approximate surface area is 164 Å². The quantitative estimate of drug-likeness (QED) is 0.296. The fourth-order valence-corrected chi connectivity index (χ4v) is 3.23. The second kappa shape index (κ2) is 9.40. The van der Waals surface area contributed by atoms with Gasteiger partial charge < -0.3 is 14.3 Å². The summed E-state index contributed by atoms with van der Waals surface area (Å²) in [6.07, 6.45) is 4.68. The van der Waals surface area contributed by atoms with Gasteiger partial charge in [-0.1, -0.05) is 0 Å². The zero-order valence-electron chi connectivity index (χ0n) is 15.7. The summed E-state index contributed by atoms with van der Waals surface area (Å²) >= 11 is 0. The number of nitrogens with zero attached hydrogens (tertiary/aromatic N) is 1. The first kappa shape index (κ1) is 19.9. The summed E-state index contributed by atoms with van der Waals surface area (Å²) in [4.78, 5) is 14.9. The number of ether oxygens (including phenoxy) is 1. The van der Waals surface area contributed by atoms with E-state index in [1.54, 1.807) is 36.4 Å². The molecule has 0 spiro atoms. The van der Waals surface area contributed by atoms with Gasteiger partial charge in [0.15, 0.2) is 5.78 Å². The third-order valence-electron chi connectivity index (χ3n) is 4.73. The summed E-state index contributed by atoms with van der Waals surface area (Å²) < 4.78 is 35.3. The van der Waals surface area contributed by atoms with Crippen LogP contribution < -0.4 is 9.64 Å². The van der Waals surface area contributed by atoms with E-state index in [1.807, 2.05) is 12.1 Å². The molecule has 0 radical (unpaired) electrons. The van der Waals surface area contributed by atoms with E-state index in [9.17, 15) is 13.4 Å². The normalized spacial score (nSPS) is 14.5. The van der Waals surface area contributed by atoms with Gasteiger partial charge in [0.1, 0.15) is 11.5 Å². The van der Waals surface area contributed by atoms with Crippen molar-refractivity contribution in [2.75, 3.05) is 25.1 Å². The zero-order chi connectivity index (χ0) is 19.9. The number of methoxy groups -OCH3 is 1. The number of hydrogen-bond donors (Lipinski definition) is 0. The van der Waals surface area contributed by atoms with E-state index in [4.69, 9.17) is 4.74 Å². The molecule has 28 heavy (non-hydrogen) atoms. The van der Waals surface area contributed by atoms with Crippen LogP contribution in [0.15, 0.2) is 54.6 Å². The first-order chi connectivity index (χ1) is 13.6. The van der Waals surface area contributed by atoms with Gasteiger partial charge >= 0.3 is 7.47 Å². The average molecular weight is 385 g/mol. The lowest BCUT2D eigenvalue weighted by molar-refractivity contribution is 0.104. The van der Waals surface area contributed by atoms with Crippen LogP contribution in [-0.4, -0.2) is 33.5 Å². The number of hydrogen-bond acceptors (Lipinski definition) is 4. The van der Waals surface area contributed by atoms with E-state index >= 15 is 0 Å². The molecule has 0 saturated carbocycles. The van der Waals surface area contributed by atoms with Gasteiger partial charge in [0.2, 0.25) is 0 Å². The number of anilines is 1. The maximum atomic E-state index is 12.8. The maximum Gasteiger partial charge on any atom is 0.796 e. The molecule has 0 amide bonds. The predicted octanol–water partition coefficient (Wildman–Crippen LogP) is 4.85. The van der Waals surface area contributed by atoms with E-state index in [2.05, 4.69) is 9.55 Å². The Morgan fingerprint density at radius 3 is 2.14 bits per heavy atom. The topological polar surface area (TPSA) is 38.8 Å². The molecule has 0 bridgehead atoms. The Balaban J connectivity index is 1.79. The van der Waals surface area contributed by atoms with Crippen LogP contribution in [0.3, 0.4) is 0 Å². The number of allylic oxidation sites excluding steroid dienone is 1. The van der Waals surface area contributed by atoms with Crippen LogP contribution in [-0.2, 0) is 4.65 Å². The first-order valence-corrected chi connectivity index (χ1v) is 9.27. The van der Waals surface area contributed by atoms with Crippen molar-refractivity contribution in [1.29, 1.82) is 0 Å². The van der Waals surface area contributed by atoms with Crippen LogP contribution in [0.1, 0.15) is 35.2 Å². The van der Waals surface area contributed by atoms with E-state index in [0.29, 0.717) is 16.9 Å². The third-order valence-corrected chi connectivity index (χ3v) is 4.73. The number of piperidine rings is 1. The van der Waals surface area contributed by atoms with Crippen molar-refractivity contribution in [3.05, 3.63) is 65.7 Å². The predicted molar refractivity (Wildman–Crippen MR) is 107 cm³/mol. The van der Waals surface area contributed by atoms with Crippen LogP contribution in [0, 0.1) is 0 Å². The molecule has 2 aromatic rings. The van der Waals surface area contributed by atoms with Crippen molar-refractivity contribution >= 4 is 24.7 Å². The molecule has 1 heterocycles. The fraction of sp³-hybridized carbons (Fsp3) is 0.286. The van der Waals surface area contributed by atoms with Gasteiger partial charge in [-0.25, -0.2) is 8.63 Å². The lowest BCUT2D eigenvalue weighted by Crippen LogP contribution is -2.29. The van der Waals surface area contributed by atoms with Gasteiger partial charge in [-0.3, -0.25) is 4.79 Å². The number of benzene rings is 2. The molecule has 0 atom stereocenters.